The number of nitrogens with zero attached hydrogens (tertiary/aromatic N) is 4. The third kappa shape index (κ3) is 10.5. The number of benzene rings is 3. The zero-order valence-corrected chi connectivity index (χ0v) is 31.9. The van der Waals surface area contributed by atoms with Crippen LogP contribution in [-0.4, -0.2) is 103 Å². The second-order valence-corrected chi connectivity index (χ2v) is 15.3. The van der Waals surface area contributed by atoms with Crippen LogP contribution in [0.15, 0.2) is 97.1 Å². The molecule has 0 radical (unpaired) electrons. The SMILES string of the molecule is CCCCOC(=O)N1CCNCC1C(=O)[C@H](CP(=O)(Oc1ccccc1)Oc1ccccc1)NC(=O)c1cc(N2CC[C@H](OC)C2)nc(-c2ccccc2)n1. The Bertz CT molecular complexity index is 1890. The third-order valence-corrected chi connectivity index (χ3v) is 11.1. The number of hydrogen-bond acceptors (Lipinski definition) is 12. The van der Waals surface area contributed by atoms with Crippen LogP contribution in [0.1, 0.15) is 36.7 Å². The molecule has 4 aromatic rings. The molecule has 2 fully saturated rings. The topological polar surface area (TPSA) is 162 Å². The van der Waals surface area contributed by atoms with E-state index in [1.165, 1.54) is 4.90 Å². The first-order valence-electron chi connectivity index (χ1n) is 18.5. The van der Waals surface area contributed by atoms with Crippen molar-refractivity contribution in [1.82, 2.24) is 25.5 Å². The Balaban J connectivity index is 1.37. The summed E-state index contributed by atoms with van der Waals surface area (Å²) in [6.45, 7) is 4.12. The lowest BCUT2D eigenvalue weighted by Gasteiger charge is -2.36. The maximum absolute atomic E-state index is 14.9. The van der Waals surface area contributed by atoms with E-state index in [2.05, 4.69) is 15.6 Å². The minimum absolute atomic E-state index is 0.00139. The molecule has 2 aliphatic rings. The average molecular weight is 771 g/mol. The van der Waals surface area contributed by atoms with E-state index < -0.39 is 43.6 Å². The molecule has 3 atom stereocenters. The van der Waals surface area contributed by atoms with Crippen molar-refractivity contribution >= 4 is 31.2 Å². The van der Waals surface area contributed by atoms with Gasteiger partial charge >= 0.3 is 13.7 Å². The van der Waals surface area contributed by atoms with Crippen LogP contribution in [0.2, 0.25) is 0 Å². The van der Waals surface area contributed by atoms with Crippen molar-refractivity contribution in [3.63, 3.8) is 0 Å². The van der Waals surface area contributed by atoms with E-state index in [0.717, 1.165) is 12.8 Å². The summed E-state index contributed by atoms with van der Waals surface area (Å²) in [4.78, 5) is 55.3. The number of unbranched alkanes of at least 4 members (excludes halogenated alkanes) is 1. The molecule has 3 aromatic carbocycles. The van der Waals surface area contributed by atoms with Gasteiger partial charge in [-0.05, 0) is 37.1 Å². The van der Waals surface area contributed by atoms with Gasteiger partial charge < -0.3 is 34.1 Å². The van der Waals surface area contributed by atoms with E-state index in [1.807, 2.05) is 42.2 Å². The number of ketones is 1. The lowest BCUT2D eigenvalue weighted by Crippen LogP contribution is -2.61. The molecule has 14 nitrogen and oxygen atoms in total. The van der Waals surface area contributed by atoms with Crippen LogP contribution >= 0.6 is 7.60 Å². The minimum atomic E-state index is -4.28. The summed E-state index contributed by atoms with van der Waals surface area (Å²) in [6, 6.07) is 25.2. The Labute approximate surface area is 321 Å². The first-order valence-corrected chi connectivity index (χ1v) is 20.3. The second kappa shape index (κ2) is 18.8. The molecule has 55 heavy (non-hydrogen) atoms. The van der Waals surface area contributed by atoms with E-state index in [1.54, 1.807) is 73.8 Å². The number of ether oxygens (including phenoxy) is 2. The molecule has 290 valence electrons. The summed E-state index contributed by atoms with van der Waals surface area (Å²) in [7, 11) is -2.62. The summed E-state index contributed by atoms with van der Waals surface area (Å²) in [5, 5.41) is 6.00. The zero-order valence-electron chi connectivity index (χ0n) is 31.0. The fourth-order valence-corrected chi connectivity index (χ4v) is 8.18. The van der Waals surface area contributed by atoms with Crippen LogP contribution in [0.5, 0.6) is 11.5 Å². The van der Waals surface area contributed by atoms with Crippen LogP contribution in [0.25, 0.3) is 11.4 Å². The number of Topliss-reactive ketones (excluding diaryl/α,β-unsaturated/α-hetero) is 1. The predicted molar refractivity (Wildman–Crippen MR) is 208 cm³/mol. The number of methoxy groups -OCH3 is 1. The molecule has 2 amide bonds. The Morgan fingerprint density at radius 2 is 1.58 bits per heavy atom. The summed E-state index contributed by atoms with van der Waals surface area (Å²) in [5.74, 6) is 0.0229. The van der Waals surface area contributed by atoms with E-state index in [9.17, 15) is 18.9 Å². The summed E-state index contributed by atoms with van der Waals surface area (Å²) >= 11 is 0. The summed E-state index contributed by atoms with van der Waals surface area (Å²) in [6.07, 6.45) is 1.06. The maximum Gasteiger partial charge on any atom is 0.433 e. The fourth-order valence-electron chi connectivity index (χ4n) is 6.39. The van der Waals surface area contributed by atoms with Crippen LogP contribution < -0.4 is 24.6 Å². The van der Waals surface area contributed by atoms with Crippen molar-refractivity contribution < 1.29 is 37.5 Å². The molecule has 0 saturated carbocycles. The van der Waals surface area contributed by atoms with Crippen molar-refractivity contribution in [2.45, 2.75) is 44.4 Å². The lowest BCUT2D eigenvalue weighted by molar-refractivity contribution is -0.125. The molecule has 0 spiro atoms. The summed E-state index contributed by atoms with van der Waals surface area (Å²) in [5.41, 5.74) is 0.680. The van der Waals surface area contributed by atoms with Crippen molar-refractivity contribution in [3.8, 4) is 22.9 Å². The highest BCUT2D eigenvalue weighted by Gasteiger charge is 2.43. The molecule has 2 N–H and O–H groups in total. The summed E-state index contributed by atoms with van der Waals surface area (Å²) < 4.78 is 38.1. The fraction of sp³-hybridized carbons (Fsp3) is 0.375. The Hall–Kier alpha value is -5.30. The molecule has 0 bridgehead atoms. The number of nitrogens with one attached hydrogen (secondary N) is 2. The van der Waals surface area contributed by atoms with Gasteiger partial charge in [0.25, 0.3) is 5.91 Å². The molecule has 1 unspecified atom stereocenters. The number of para-hydroxylation sites is 2. The molecule has 1 aromatic heterocycles. The highest BCUT2D eigenvalue weighted by molar-refractivity contribution is 7.54. The monoisotopic (exact) mass is 770 g/mol. The largest absolute Gasteiger partial charge is 0.449 e. The average Bonchev–Trinajstić information content (AvgIpc) is 3.71. The van der Waals surface area contributed by atoms with Gasteiger partial charge in [0.1, 0.15) is 41.3 Å². The van der Waals surface area contributed by atoms with Crippen molar-refractivity contribution in [3.05, 3.63) is 103 Å². The molecule has 2 saturated heterocycles. The van der Waals surface area contributed by atoms with Crippen molar-refractivity contribution in [1.29, 1.82) is 0 Å². The molecular formula is C40H47N6O8P. The van der Waals surface area contributed by atoms with Crippen LogP contribution in [-0.2, 0) is 18.8 Å². The number of piperazine rings is 1. The van der Waals surface area contributed by atoms with Gasteiger partial charge in [0, 0.05) is 51.5 Å². The lowest BCUT2D eigenvalue weighted by atomic mass is 10.0. The number of aromatic nitrogens is 2. The standard InChI is InChI=1S/C40H47N6O8P/c1-3-4-24-52-40(49)46-23-21-41-26-35(46)37(47)34(28-55(50,53-30-16-10-6-11-17-30)54-31-18-12-7-13-19-31)43-39(48)33-25-36(45-22-20-32(27-45)51-2)44-38(42-33)29-14-8-5-9-15-29/h5-19,25,32,34-35,41H,3-4,20-24,26-28H2,1-2H3,(H,43,48)/t32-,34-,35?/m0/s1. The van der Waals surface area contributed by atoms with Crippen LogP contribution in [0.3, 0.4) is 0 Å². The minimum Gasteiger partial charge on any atom is -0.449 e. The molecular weight excluding hydrogens is 723 g/mol. The highest BCUT2D eigenvalue weighted by atomic mass is 31.2. The van der Waals surface area contributed by atoms with E-state index >= 15 is 0 Å². The number of carbonyl (C=O) groups is 3. The number of amides is 2. The van der Waals surface area contributed by atoms with Crippen molar-refractivity contribution in [2.75, 3.05) is 57.5 Å². The molecule has 0 aliphatic carbocycles. The van der Waals surface area contributed by atoms with Gasteiger partial charge in [0.15, 0.2) is 11.6 Å². The number of anilines is 1. The van der Waals surface area contributed by atoms with E-state index in [-0.39, 0.29) is 43.0 Å². The van der Waals surface area contributed by atoms with Gasteiger partial charge in [-0.3, -0.25) is 14.5 Å². The highest BCUT2D eigenvalue weighted by Crippen LogP contribution is 2.49. The Kier molecular flexibility index (Phi) is 13.5. The van der Waals surface area contributed by atoms with Gasteiger partial charge in [-0.25, -0.2) is 19.3 Å². The third-order valence-electron chi connectivity index (χ3n) is 9.34. The predicted octanol–water partition coefficient (Wildman–Crippen LogP) is 5.60. The quantitative estimate of drug-likeness (QED) is 0.107. The van der Waals surface area contributed by atoms with Crippen molar-refractivity contribution in [2.24, 2.45) is 0 Å². The normalized spacial score (nSPS) is 17.6. The Morgan fingerprint density at radius 1 is 0.927 bits per heavy atom. The van der Waals surface area contributed by atoms with Crippen LogP contribution in [0, 0.1) is 0 Å². The number of carbonyl (C=O) groups excluding carboxylic acids is 3. The van der Waals surface area contributed by atoms with Gasteiger partial charge in [-0.15, -0.1) is 0 Å². The number of rotatable bonds is 16. The maximum atomic E-state index is 14.9. The molecule has 15 heteroatoms. The van der Waals surface area contributed by atoms with Gasteiger partial charge in [-0.1, -0.05) is 80.1 Å². The second-order valence-electron chi connectivity index (χ2n) is 13.3. The zero-order chi connectivity index (χ0) is 38.6. The van der Waals surface area contributed by atoms with Gasteiger partial charge in [0.2, 0.25) is 0 Å². The molecule has 3 heterocycles. The van der Waals surface area contributed by atoms with Gasteiger partial charge in [0.05, 0.1) is 12.7 Å². The smallest absolute Gasteiger partial charge is 0.433 e. The Morgan fingerprint density at radius 3 is 2.20 bits per heavy atom. The first kappa shape index (κ1) is 39.4. The molecule has 6 rings (SSSR count). The first-order chi connectivity index (χ1) is 26.7. The van der Waals surface area contributed by atoms with E-state index in [0.29, 0.717) is 43.3 Å². The molecule has 2 aliphatic heterocycles. The number of hydrogen-bond donors (Lipinski definition) is 2. The van der Waals surface area contributed by atoms with E-state index in [4.69, 9.17) is 23.5 Å². The van der Waals surface area contributed by atoms with Crippen LogP contribution in [0.4, 0.5) is 10.6 Å². The van der Waals surface area contributed by atoms with Gasteiger partial charge in [-0.2, -0.15) is 0 Å².